The topological polar surface area (TPSA) is 122 Å². The fraction of sp³-hybridized carbons (Fsp3) is 0.333. The Bertz CT molecular complexity index is 522. The first-order chi connectivity index (χ1) is 9.08. The second kappa shape index (κ2) is 7.08. The van der Waals surface area contributed by atoms with Gasteiger partial charge in [0.1, 0.15) is 5.69 Å². The van der Waals surface area contributed by atoms with Crippen molar-refractivity contribution in [2.45, 2.75) is 19.3 Å². The van der Waals surface area contributed by atoms with Crippen molar-refractivity contribution in [1.82, 2.24) is 0 Å². The van der Waals surface area contributed by atoms with E-state index in [0.29, 0.717) is 13.0 Å². The van der Waals surface area contributed by atoms with Gasteiger partial charge in [0.25, 0.3) is 5.69 Å². The average molecular weight is 262 g/mol. The van der Waals surface area contributed by atoms with Crippen molar-refractivity contribution < 1.29 is 9.72 Å². The van der Waals surface area contributed by atoms with Crippen molar-refractivity contribution in [3.63, 3.8) is 0 Å². The van der Waals surface area contributed by atoms with Crippen molar-refractivity contribution in [3.8, 4) is 6.07 Å². The predicted octanol–water partition coefficient (Wildman–Crippen LogP) is 1.53. The zero-order valence-electron chi connectivity index (χ0n) is 10.3. The number of nitriles is 1. The van der Waals surface area contributed by atoms with Crippen LogP contribution in [0.5, 0.6) is 0 Å². The largest absolute Gasteiger partial charge is 0.330 e. The van der Waals surface area contributed by atoms with Gasteiger partial charge in [0.05, 0.1) is 16.6 Å². The maximum Gasteiger partial charge on any atom is 0.294 e. The smallest absolute Gasteiger partial charge is 0.294 e. The summed E-state index contributed by atoms with van der Waals surface area (Å²) in [6.07, 6.45) is 1.61. The van der Waals surface area contributed by atoms with Gasteiger partial charge in [0.2, 0.25) is 5.91 Å². The van der Waals surface area contributed by atoms with Crippen LogP contribution in [0.1, 0.15) is 24.8 Å². The van der Waals surface area contributed by atoms with E-state index < -0.39 is 4.92 Å². The highest BCUT2D eigenvalue weighted by molar-refractivity contribution is 5.93. The van der Waals surface area contributed by atoms with E-state index in [2.05, 4.69) is 5.32 Å². The standard InChI is InChI=1S/C12H14N4O3/c13-6-2-1-3-12(17)15-10-5-4-9(8-14)7-11(10)16(18)19/h4-5,7H,1-3,6,13H2,(H,15,17). The summed E-state index contributed by atoms with van der Waals surface area (Å²) in [4.78, 5) is 21.8. The molecule has 0 aliphatic rings. The Balaban J connectivity index is 2.80. The van der Waals surface area contributed by atoms with Crippen molar-refractivity contribution >= 4 is 17.3 Å². The van der Waals surface area contributed by atoms with Gasteiger partial charge in [-0.2, -0.15) is 5.26 Å². The number of nitrogens with zero attached hydrogens (tertiary/aromatic N) is 2. The van der Waals surface area contributed by atoms with Gasteiger partial charge in [-0.25, -0.2) is 0 Å². The van der Waals surface area contributed by atoms with Gasteiger partial charge >= 0.3 is 0 Å². The lowest BCUT2D eigenvalue weighted by Gasteiger charge is -2.06. The Morgan fingerprint density at radius 1 is 1.47 bits per heavy atom. The zero-order valence-corrected chi connectivity index (χ0v) is 10.3. The highest BCUT2D eigenvalue weighted by atomic mass is 16.6. The van der Waals surface area contributed by atoms with Gasteiger partial charge in [-0.05, 0) is 31.5 Å². The highest BCUT2D eigenvalue weighted by Gasteiger charge is 2.16. The molecule has 0 aromatic heterocycles. The molecule has 7 heteroatoms. The van der Waals surface area contributed by atoms with Crippen LogP contribution in [-0.4, -0.2) is 17.4 Å². The van der Waals surface area contributed by atoms with Crippen LogP contribution in [0, 0.1) is 21.4 Å². The normalized spacial score (nSPS) is 9.68. The molecule has 0 aliphatic carbocycles. The number of nitro benzene ring substituents is 1. The summed E-state index contributed by atoms with van der Waals surface area (Å²) in [6.45, 7) is 0.504. The Labute approximate surface area is 110 Å². The third kappa shape index (κ3) is 4.37. The zero-order chi connectivity index (χ0) is 14.3. The van der Waals surface area contributed by atoms with Crippen LogP contribution in [-0.2, 0) is 4.79 Å². The molecule has 1 rings (SSSR count). The lowest BCUT2D eigenvalue weighted by molar-refractivity contribution is -0.383. The van der Waals surface area contributed by atoms with E-state index in [1.165, 1.54) is 12.1 Å². The number of benzene rings is 1. The van der Waals surface area contributed by atoms with Crippen LogP contribution in [0.25, 0.3) is 0 Å². The van der Waals surface area contributed by atoms with E-state index in [-0.39, 0.29) is 29.3 Å². The Morgan fingerprint density at radius 2 is 2.21 bits per heavy atom. The number of nitrogens with one attached hydrogen (secondary N) is 1. The SMILES string of the molecule is N#Cc1ccc(NC(=O)CCCCN)c([N+](=O)[O-])c1. The van der Waals surface area contributed by atoms with Crippen molar-refractivity contribution in [3.05, 3.63) is 33.9 Å². The minimum Gasteiger partial charge on any atom is -0.330 e. The summed E-state index contributed by atoms with van der Waals surface area (Å²) in [5.41, 5.74) is 5.30. The van der Waals surface area contributed by atoms with Crippen molar-refractivity contribution in [2.75, 3.05) is 11.9 Å². The number of anilines is 1. The van der Waals surface area contributed by atoms with E-state index in [4.69, 9.17) is 11.0 Å². The van der Waals surface area contributed by atoms with Crippen molar-refractivity contribution in [2.24, 2.45) is 5.73 Å². The monoisotopic (exact) mass is 262 g/mol. The molecular weight excluding hydrogens is 248 g/mol. The van der Waals surface area contributed by atoms with Crippen LogP contribution >= 0.6 is 0 Å². The van der Waals surface area contributed by atoms with Crippen LogP contribution in [0.2, 0.25) is 0 Å². The van der Waals surface area contributed by atoms with Crippen LogP contribution < -0.4 is 11.1 Å². The second-order valence-electron chi connectivity index (χ2n) is 3.89. The van der Waals surface area contributed by atoms with Gasteiger partial charge in [0, 0.05) is 12.5 Å². The number of nitro groups is 1. The number of carbonyl (C=O) groups is 1. The lowest BCUT2D eigenvalue weighted by atomic mass is 10.1. The van der Waals surface area contributed by atoms with E-state index in [0.717, 1.165) is 12.5 Å². The summed E-state index contributed by atoms with van der Waals surface area (Å²) in [5, 5.41) is 22.0. The Hall–Kier alpha value is -2.46. The van der Waals surface area contributed by atoms with Gasteiger partial charge in [-0.3, -0.25) is 14.9 Å². The van der Waals surface area contributed by atoms with Gasteiger partial charge < -0.3 is 11.1 Å². The fourth-order valence-corrected chi connectivity index (χ4v) is 1.50. The molecule has 0 fully saturated rings. The molecule has 0 bridgehead atoms. The molecule has 0 radical (unpaired) electrons. The quantitative estimate of drug-likeness (QED) is 0.457. The number of unbranched alkanes of at least 4 members (excludes halogenated alkanes) is 1. The first kappa shape index (κ1) is 14.6. The average Bonchev–Trinajstić information content (AvgIpc) is 2.39. The Kier molecular flexibility index (Phi) is 5.44. The number of rotatable bonds is 6. The molecule has 100 valence electrons. The third-order valence-electron chi connectivity index (χ3n) is 2.46. The first-order valence-corrected chi connectivity index (χ1v) is 5.77. The molecule has 19 heavy (non-hydrogen) atoms. The van der Waals surface area contributed by atoms with Gasteiger partial charge in [-0.1, -0.05) is 0 Å². The molecule has 0 atom stereocenters. The van der Waals surface area contributed by atoms with Gasteiger partial charge in [0.15, 0.2) is 0 Å². The number of hydrogen-bond acceptors (Lipinski definition) is 5. The second-order valence-corrected chi connectivity index (χ2v) is 3.89. The highest BCUT2D eigenvalue weighted by Crippen LogP contribution is 2.25. The number of amides is 1. The maximum atomic E-state index is 11.6. The maximum absolute atomic E-state index is 11.6. The Morgan fingerprint density at radius 3 is 2.79 bits per heavy atom. The van der Waals surface area contributed by atoms with Crippen LogP contribution in [0.3, 0.4) is 0 Å². The summed E-state index contributed by atoms with van der Waals surface area (Å²) < 4.78 is 0. The van der Waals surface area contributed by atoms with E-state index in [9.17, 15) is 14.9 Å². The fourth-order valence-electron chi connectivity index (χ4n) is 1.50. The predicted molar refractivity (Wildman–Crippen MR) is 69.3 cm³/mol. The van der Waals surface area contributed by atoms with E-state index in [1.54, 1.807) is 0 Å². The molecule has 0 saturated heterocycles. The minimum atomic E-state index is -0.629. The number of carbonyl (C=O) groups excluding carboxylic acids is 1. The van der Waals surface area contributed by atoms with Crippen LogP contribution in [0.4, 0.5) is 11.4 Å². The molecule has 1 amide bonds. The molecular formula is C12H14N4O3. The van der Waals surface area contributed by atoms with Crippen LogP contribution in [0.15, 0.2) is 18.2 Å². The van der Waals surface area contributed by atoms with E-state index in [1.807, 2.05) is 6.07 Å². The molecule has 0 saturated carbocycles. The van der Waals surface area contributed by atoms with Gasteiger partial charge in [-0.15, -0.1) is 0 Å². The summed E-state index contributed by atoms with van der Waals surface area (Å²) in [7, 11) is 0. The number of hydrogen-bond donors (Lipinski definition) is 2. The minimum absolute atomic E-state index is 0.0988. The van der Waals surface area contributed by atoms with Crippen molar-refractivity contribution in [1.29, 1.82) is 5.26 Å². The molecule has 0 heterocycles. The molecule has 0 unspecified atom stereocenters. The summed E-state index contributed by atoms with van der Waals surface area (Å²) in [5.74, 6) is -0.304. The molecule has 0 spiro atoms. The summed E-state index contributed by atoms with van der Waals surface area (Å²) >= 11 is 0. The van der Waals surface area contributed by atoms with E-state index >= 15 is 0 Å². The molecule has 3 N–H and O–H groups in total. The molecule has 7 nitrogen and oxygen atoms in total. The molecule has 1 aromatic carbocycles. The lowest BCUT2D eigenvalue weighted by Crippen LogP contribution is -2.13. The summed E-state index contributed by atoms with van der Waals surface area (Å²) in [6, 6.07) is 5.73. The third-order valence-corrected chi connectivity index (χ3v) is 2.46. The number of nitrogens with two attached hydrogens (primary N) is 1. The molecule has 0 aliphatic heterocycles. The molecule has 1 aromatic rings. The first-order valence-electron chi connectivity index (χ1n) is 5.77.